The van der Waals surface area contributed by atoms with Crippen LogP contribution in [0.15, 0.2) is 36.5 Å². The monoisotopic (exact) mass is 408 g/mol. The van der Waals surface area contributed by atoms with Crippen LogP contribution in [0.5, 0.6) is 0 Å². The van der Waals surface area contributed by atoms with Crippen molar-refractivity contribution in [2.24, 2.45) is 0 Å². The zero-order valence-corrected chi connectivity index (χ0v) is 15.6. The summed E-state index contributed by atoms with van der Waals surface area (Å²) in [6, 6.07) is 8.15. The van der Waals surface area contributed by atoms with E-state index in [-0.39, 0.29) is 12.4 Å². The fraction of sp³-hybridized carbons (Fsp3) is 0.188. The second-order valence-electron chi connectivity index (χ2n) is 5.71. The summed E-state index contributed by atoms with van der Waals surface area (Å²) in [6.07, 6.45) is 1.68. The van der Waals surface area contributed by atoms with Crippen LogP contribution in [0.2, 0.25) is 10.0 Å². The fourth-order valence-electron chi connectivity index (χ4n) is 2.42. The summed E-state index contributed by atoms with van der Waals surface area (Å²) in [7, 11) is 0. The first kappa shape index (κ1) is 18.9. The second-order valence-corrected chi connectivity index (χ2v) is 6.52. The van der Waals surface area contributed by atoms with Crippen LogP contribution < -0.4 is 5.32 Å². The van der Waals surface area contributed by atoms with Crippen molar-refractivity contribution < 1.29 is 9.72 Å². The zero-order valence-electron chi connectivity index (χ0n) is 14.1. The molecule has 0 bridgehead atoms. The first-order chi connectivity index (χ1) is 12.8. The summed E-state index contributed by atoms with van der Waals surface area (Å²) in [5.41, 5.74) is 1.23. The number of halogens is 2. The van der Waals surface area contributed by atoms with Gasteiger partial charge in [0.2, 0.25) is 5.91 Å². The maximum Gasteiger partial charge on any atom is 0.390 e. The van der Waals surface area contributed by atoms with Gasteiger partial charge >= 0.3 is 5.82 Å². The maximum atomic E-state index is 12.2. The lowest BCUT2D eigenvalue weighted by atomic mass is 10.2. The summed E-state index contributed by atoms with van der Waals surface area (Å²) in [5.74, 6) is -0.374. The van der Waals surface area contributed by atoms with Gasteiger partial charge in [-0.1, -0.05) is 29.3 Å². The van der Waals surface area contributed by atoms with Gasteiger partial charge in [0.25, 0.3) is 0 Å². The van der Waals surface area contributed by atoms with Crippen LogP contribution in [-0.2, 0) is 17.9 Å². The first-order valence-electron chi connectivity index (χ1n) is 7.78. The lowest BCUT2D eigenvalue weighted by molar-refractivity contribution is -0.389. The molecule has 0 aliphatic heterocycles. The Kier molecular flexibility index (Phi) is 5.43. The van der Waals surface area contributed by atoms with E-state index in [1.807, 2.05) is 0 Å². The number of aromatic nitrogens is 4. The number of aryl methyl sites for hydroxylation is 1. The molecule has 27 heavy (non-hydrogen) atoms. The minimum atomic E-state index is -0.608. The van der Waals surface area contributed by atoms with Gasteiger partial charge in [-0.2, -0.15) is 9.78 Å². The van der Waals surface area contributed by atoms with Crippen molar-refractivity contribution in [2.75, 3.05) is 5.32 Å². The van der Waals surface area contributed by atoms with Gasteiger partial charge in [-0.3, -0.25) is 9.48 Å². The molecule has 0 spiro atoms. The van der Waals surface area contributed by atoms with E-state index in [1.54, 1.807) is 42.1 Å². The molecular formula is C16H14Cl2N6O3. The fourth-order valence-corrected chi connectivity index (χ4v) is 2.94. The normalized spacial score (nSPS) is 10.8. The number of amides is 1. The summed E-state index contributed by atoms with van der Waals surface area (Å²) in [4.78, 5) is 22.3. The predicted octanol–water partition coefficient (Wildman–Crippen LogP) is 3.29. The highest BCUT2D eigenvalue weighted by molar-refractivity contribution is 6.35. The Hall–Kier alpha value is -2.91. The molecule has 9 nitrogen and oxygen atoms in total. The highest BCUT2D eigenvalue weighted by atomic mass is 35.5. The Labute approximate surface area is 163 Å². The lowest BCUT2D eigenvalue weighted by Gasteiger charge is -2.07. The second kappa shape index (κ2) is 7.77. The van der Waals surface area contributed by atoms with Crippen molar-refractivity contribution in [1.29, 1.82) is 0 Å². The highest BCUT2D eigenvalue weighted by Gasteiger charge is 2.18. The molecule has 1 amide bonds. The molecule has 2 aromatic heterocycles. The molecule has 1 aromatic carbocycles. The predicted molar refractivity (Wildman–Crippen MR) is 100 cm³/mol. The van der Waals surface area contributed by atoms with Crippen LogP contribution in [0.25, 0.3) is 0 Å². The number of benzene rings is 1. The summed E-state index contributed by atoms with van der Waals surface area (Å²) >= 11 is 12.3. The minimum Gasteiger partial charge on any atom is -0.358 e. The molecular weight excluding hydrogens is 395 g/mol. The highest BCUT2D eigenvalue weighted by Crippen LogP contribution is 2.25. The maximum absolute atomic E-state index is 12.2. The van der Waals surface area contributed by atoms with Crippen molar-refractivity contribution in [3.63, 3.8) is 0 Å². The van der Waals surface area contributed by atoms with Crippen LogP contribution in [0.3, 0.4) is 0 Å². The van der Waals surface area contributed by atoms with Crippen LogP contribution in [0.1, 0.15) is 11.3 Å². The van der Waals surface area contributed by atoms with E-state index in [1.165, 1.54) is 10.7 Å². The average Bonchev–Trinajstić information content (AvgIpc) is 3.18. The van der Waals surface area contributed by atoms with Gasteiger partial charge in [-0.25, -0.2) is 0 Å². The van der Waals surface area contributed by atoms with Crippen LogP contribution in [0, 0.1) is 17.0 Å². The Bertz CT molecular complexity index is 993. The summed E-state index contributed by atoms with van der Waals surface area (Å²) in [5, 5.41) is 22.4. The molecule has 140 valence electrons. The van der Waals surface area contributed by atoms with Gasteiger partial charge in [0.05, 0.1) is 23.4 Å². The lowest BCUT2D eigenvalue weighted by Crippen LogP contribution is -2.20. The number of rotatable bonds is 6. The molecule has 0 atom stereocenters. The number of nitrogens with one attached hydrogen (secondary N) is 1. The molecule has 0 aliphatic carbocycles. The molecule has 3 rings (SSSR count). The van der Waals surface area contributed by atoms with Crippen LogP contribution in [-0.4, -0.2) is 30.4 Å². The Morgan fingerprint density at radius 2 is 1.96 bits per heavy atom. The third kappa shape index (κ3) is 4.44. The topological polar surface area (TPSA) is 108 Å². The average molecular weight is 409 g/mol. The van der Waals surface area contributed by atoms with Gasteiger partial charge in [-0.15, -0.1) is 0 Å². The van der Waals surface area contributed by atoms with Gasteiger partial charge in [-0.05, 0) is 24.0 Å². The van der Waals surface area contributed by atoms with E-state index in [9.17, 15) is 14.9 Å². The van der Waals surface area contributed by atoms with Gasteiger partial charge in [0, 0.05) is 27.9 Å². The largest absolute Gasteiger partial charge is 0.390 e. The summed E-state index contributed by atoms with van der Waals surface area (Å²) in [6.45, 7) is 1.82. The molecule has 0 saturated carbocycles. The van der Waals surface area contributed by atoms with E-state index in [4.69, 9.17) is 23.2 Å². The molecule has 1 N–H and O–H groups in total. The molecule has 0 radical (unpaired) electrons. The third-order valence-electron chi connectivity index (χ3n) is 3.74. The number of nitrogens with zero attached hydrogens (tertiary/aromatic N) is 5. The zero-order chi connectivity index (χ0) is 19.6. The molecule has 11 heteroatoms. The van der Waals surface area contributed by atoms with Crippen LogP contribution in [0.4, 0.5) is 11.6 Å². The summed E-state index contributed by atoms with van der Waals surface area (Å²) < 4.78 is 2.85. The molecule has 2 heterocycles. The number of hydrogen-bond donors (Lipinski definition) is 1. The Morgan fingerprint density at radius 3 is 2.59 bits per heavy atom. The third-order valence-corrected chi connectivity index (χ3v) is 4.45. The quantitative estimate of drug-likeness (QED) is 0.497. The smallest absolute Gasteiger partial charge is 0.358 e. The van der Waals surface area contributed by atoms with E-state index in [0.717, 1.165) is 5.56 Å². The number of anilines is 1. The van der Waals surface area contributed by atoms with Crippen molar-refractivity contribution in [2.45, 2.75) is 20.0 Å². The Morgan fingerprint density at radius 1 is 1.26 bits per heavy atom. The van der Waals surface area contributed by atoms with E-state index in [0.29, 0.717) is 28.1 Å². The number of carbonyl (C=O) groups excluding carboxylic acids is 1. The molecule has 0 saturated heterocycles. The SMILES string of the molecule is Cc1cc([N+](=O)[O-])nn1CC(=O)Nc1ccn(Cc2c(Cl)cccc2Cl)n1. The van der Waals surface area contributed by atoms with Crippen molar-refractivity contribution in [1.82, 2.24) is 19.6 Å². The van der Waals surface area contributed by atoms with E-state index < -0.39 is 10.8 Å². The molecule has 0 unspecified atom stereocenters. The minimum absolute atomic E-state index is 0.164. The van der Waals surface area contributed by atoms with Crippen molar-refractivity contribution in [3.05, 3.63) is 67.9 Å². The first-order valence-corrected chi connectivity index (χ1v) is 8.54. The van der Waals surface area contributed by atoms with Crippen LogP contribution >= 0.6 is 23.2 Å². The van der Waals surface area contributed by atoms with E-state index in [2.05, 4.69) is 15.5 Å². The number of hydrogen-bond acceptors (Lipinski definition) is 5. The van der Waals surface area contributed by atoms with E-state index >= 15 is 0 Å². The Balaban J connectivity index is 1.65. The number of carbonyl (C=O) groups is 1. The molecule has 0 aliphatic rings. The van der Waals surface area contributed by atoms with Crippen molar-refractivity contribution >= 4 is 40.7 Å². The van der Waals surface area contributed by atoms with Crippen molar-refractivity contribution in [3.8, 4) is 0 Å². The van der Waals surface area contributed by atoms with Gasteiger partial charge in [0.15, 0.2) is 5.82 Å². The molecule has 0 fully saturated rings. The standard InChI is InChI=1S/C16H14Cl2N6O3/c1-10-7-15(24(26)27)21-23(10)9-16(25)19-14-5-6-22(20-14)8-11-12(17)3-2-4-13(11)18/h2-7H,8-9H2,1H3,(H,19,20,25). The van der Waals surface area contributed by atoms with Gasteiger partial charge in [0.1, 0.15) is 6.54 Å². The molecule has 3 aromatic rings. The van der Waals surface area contributed by atoms with Gasteiger partial charge < -0.3 is 15.4 Å². The number of nitro groups is 1.